The fraction of sp³-hybridized carbons (Fsp3) is 0.296. The van der Waals surface area contributed by atoms with E-state index in [-0.39, 0.29) is 13.0 Å². The Morgan fingerprint density at radius 1 is 0.812 bits per heavy atom. The molecule has 0 spiro atoms. The van der Waals surface area contributed by atoms with Crippen LogP contribution < -0.4 is 5.32 Å². The molecular weight excluding hydrogens is 402 g/mol. The summed E-state index contributed by atoms with van der Waals surface area (Å²) in [4.78, 5) is 12.5. The molecule has 3 atom stereocenters. The van der Waals surface area contributed by atoms with Gasteiger partial charge in [0.05, 0.1) is 12.1 Å². The molecule has 3 rings (SSSR count). The van der Waals surface area contributed by atoms with Gasteiger partial charge in [-0.25, -0.2) is 4.79 Å². The molecule has 1 amide bonds. The van der Waals surface area contributed by atoms with E-state index in [1.54, 1.807) is 0 Å². The predicted molar refractivity (Wildman–Crippen MR) is 125 cm³/mol. The zero-order valence-corrected chi connectivity index (χ0v) is 18.6. The third-order valence-electron chi connectivity index (χ3n) is 5.35. The van der Waals surface area contributed by atoms with Crippen molar-refractivity contribution in [3.05, 3.63) is 107 Å². The van der Waals surface area contributed by atoms with E-state index in [0.717, 1.165) is 27.8 Å². The first-order valence-electron chi connectivity index (χ1n) is 10.8. The van der Waals surface area contributed by atoms with E-state index in [4.69, 9.17) is 4.74 Å². The molecule has 0 bridgehead atoms. The lowest BCUT2D eigenvalue weighted by Crippen LogP contribution is -2.50. The first-order valence-corrected chi connectivity index (χ1v) is 10.8. The minimum Gasteiger partial charge on any atom is -0.445 e. The molecule has 5 nitrogen and oxygen atoms in total. The summed E-state index contributed by atoms with van der Waals surface area (Å²) in [5.41, 5.74) is 4.96. The number of aryl methyl sites for hydroxylation is 2. The molecule has 3 N–H and O–H groups in total. The predicted octanol–water partition coefficient (Wildman–Crippen LogP) is 4.11. The fourth-order valence-electron chi connectivity index (χ4n) is 3.86. The summed E-state index contributed by atoms with van der Waals surface area (Å²) < 4.78 is 5.33. The third kappa shape index (κ3) is 7.22. The summed E-state index contributed by atoms with van der Waals surface area (Å²) in [7, 11) is 0. The van der Waals surface area contributed by atoms with Gasteiger partial charge in [0.25, 0.3) is 0 Å². The molecule has 0 heterocycles. The van der Waals surface area contributed by atoms with Gasteiger partial charge in [-0.1, -0.05) is 90.0 Å². The Hall–Kier alpha value is -3.15. The number of carbonyl (C=O) groups is 1. The van der Waals surface area contributed by atoms with Crippen LogP contribution in [0.5, 0.6) is 0 Å². The van der Waals surface area contributed by atoms with Gasteiger partial charge in [-0.05, 0) is 37.0 Å². The standard InChI is InChI=1S/C27H31NO4/c1-19-13-20(2)15-23(14-19)17-25(29)26(30)24(16-21-9-5-3-6-10-21)28-27(31)32-18-22-11-7-4-8-12-22/h3-15,24-26,29-30H,16-18H2,1-2H3,(H,28,31)/t24-,25-,26+/m0/s1. The van der Waals surface area contributed by atoms with E-state index in [0.29, 0.717) is 6.42 Å². The largest absolute Gasteiger partial charge is 0.445 e. The van der Waals surface area contributed by atoms with Gasteiger partial charge >= 0.3 is 6.09 Å². The van der Waals surface area contributed by atoms with Gasteiger partial charge in [0.15, 0.2) is 0 Å². The van der Waals surface area contributed by atoms with Gasteiger partial charge < -0.3 is 20.3 Å². The number of ether oxygens (including phenoxy) is 1. The molecule has 0 fully saturated rings. The molecule has 3 aromatic rings. The van der Waals surface area contributed by atoms with Crippen molar-refractivity contribution in [1.29, 1.82) is 0 Å². The molecule has 0 aliphatic heterocycles. The summed E-state index contributed by atoms with van der Waals surface area (Å²) in [6.07, 6.45) is -2.19. The van der Waals surface area contributed by atoms with Crippen molar-refractivity contribution in [2.75, 3.05) is 0 Å². The molecule has 0 radical (unpaired) electrons. The number of rotatable bonds is 9. The zero-order valence-electron chi connectivity index (χ0n) is 18.6. The number of aliphatic hydroxyl groups excluding tert-OH is 2. The molecule has 0 aromatic heterocycles. The highest BCUT2D eigenvalue weighted by molar-refractivity contribution is 5.67. The van der Waals surface area contributed by atoms with Gasteiger partial charge in [-0.3, -0.25) is 0 Å². The minimum absolute atomic E-state index is 0.131. The maximum absolute atomic E-state index is 12.5. The first kappa shape index (κ1) is 23.5. The van der Waals surface area contributed by atoms with Crippen molar-refractivity contribution >= 4 is 6.09 Å². The second-order valence-electron chi connectivity index (χ2n) is 8.26. The smallest absolute Gasteiger partial charge is 0.407 e. The quantitative estimate of drug-likeness (QED) is 0.475. The average molecular weight is 434 g/mol. The number of carbonyl (C=O) groups excluding carboxylic acids is 1. The fourth-order valence-corrected chi connectivity index (χ4v) is 3.86. The Balaban J connectivity index is 1.68. The van der Waals surface area contributed by atoms with Gasteiger partial charge in [0.2, 0.25) is 0 Å². The monoisotopic (exact) mass is 433 g/mol. The second kappa shape index (κ2) is 11.5. The Labute approximate surface area is 189 Å². The number of nitrogens with one attached hydrogen (secondary N) is 1. The summed E-state index contributed by atoms with van der Waals surface area (Å²) >= 11 is 0. The van der Waals surface area contributed by atoms with Crippen LogP contribution in [0.3, 0.4) is 0 Å². The van der Waals surface area contributed by atoms with Gasteiger partial charge in [0.1, 0.15) is 12.7 Å². The highest BCUT2D eigenvalue weighted by Gasteiger charge is 2.29. The van der Waals surface area contributed by atoms with Crippen molar-refractivity contribution < 1.29 is 19.7 Å². The van der Waals surface area contributed by atoms with E-state index in [1.807, 2.05) is 86.6 Å². The van der Waals surface area contributed by atoms with E-state index < -0.39 is 24.3 Å². The molecular formula is C27H31NO4. The highest BCUT2D eigenvalue weighted by Crippen LogP contribution is 2.16. The van der Waals surface area contributed by atoms with Crippen LogP contribution >= 0.6 is 0 Å². The van der Waals surface area contributed by atoms with Gasteiger partial charge in [0, 0.05) is 6.42 Å². The van der Waals surface area contributed by atoms with Crippen LogP contribution in [0, 0.1) is 13.8 Å². The molecule has 0 aliphatic carbocycles. The van der Waals surface area contributed by atoms with Crippen molar-refractivity contribution in [3.63, 3.8) is 0 Å². The molecule has 32 heavy (non-hydrogen) atoms. The lowest BCUT2D eigenvalue weighted by Gasteiger charge is -2.28. The number of aliphatic hydroxyl groups is 2. The maximum Gasteiger partial charge on any atom is 0.407 e. The maximum atomic E-state index is 12.5. The average Bonchev–Trinajstić information content (AvgIpc) is 2.77. The van der Waals surface area contributed by atoms with E-state index >= 15 is 0 Å². The zero-order chi connectivity index (χ0) is 22.9. The summed E-state index contributed by atoms with van der Waals surface area (Å²) in [5, 5.41) is 24.5. The number of benzene rings is 3. The Bertz CT molecular complexity index is 971. The summed E-state index contributed by atoms with van der Waals surface area (Å²) in [5.74, 6) is 0. The number of hydrogen-bond donors (Lipinski definition) is 3. The van der Waals surface area contributed by atoms with Gasteiger partial charge in [-0.15, -0.1) is 0 Å². The van der Waals surface area contributed by atoms with Crippen LogP contribution in [0.2, 0.25) is 0 Å². The third-order valence-corrected chi connectivity index (χ3v) is 5.35. The van der Waals surface area contributed by atoms with Gasteiger partial charge in [-0.2, -0.15) is 0 Å². The second-order valence-corrected chi connectivity index (χ2v) is 8.26. The minimum atomic E-state index is -1.17. The lowest BCUT2D eigenvalue weighted by atomic mass is 9.93. The molecule has 0 unspecified atom stereocenters. The Kier molecular flexibility index (Phi) is 8.42. The molecule has 5 heteroatoms. The van der Waals surface area contributed by atoms with Crippen LogP contribution in [-0.2, 0) is 24.2 Å². The SMILES string of the molecule is Cc1cc(C)cc(C[C@H](O)[C@H](O)[C@H](Cc2ccccc2)NC(=O)OCc2ccccc2)c1. The van der Waals surface area contributed by atoms with Crippen LogP contribution in [-0.4, -0.2) is 34.6 Å². The molecule has 3 aromatic carbocycles. The van der Waals surface area contributed by atoms with Crippen LogP contribution in [0.1, 0.15) is 27.8 Å². The molecule has 0 saturated heterocycles. The van der Waals surface area contributed by atoms with E-state index in [9.17, 15) is 15.0 Å². The first-order chi connectivity index (χ1) is 15.4. The van der Waals surface area contributed by atoms with Crippen LogP contribution in [0.25, 0.3) is 0 Å². The number of amides is 1. The molecule has 0 aliphatic rings. The molecule has 0 saturated carbocycles. The normalized spacial score (nSPS) is 13.8. The van der Waals surface area contributed by atoms with Crippen LogP contribution in [0.15, 0.2) is 78.9 Å². The van der Waals surface area contributed by atoms with E-state index in [2.05, 4.69) is 11.4 Å². The topological polar surface area (TPSA) is 78.8 Å². The van der Waals surface area contributed by atoms with Crippen LogP contribution in [0.4, 0.5) is 4.79 Å². The Morgan fingerprint density at radius 2 is 1.38 bits per heavy atom. The molecule has 168 valence electrons. The Morgan fingerprint density at radius 3 is 1.97 bits per heavy atom. The lowest BCUT2D eigenvalue weighted by molar-refractivity contribution is -0.00380. The van der Waals surface area contributed by atoms with Crippen molar-refractivity contribution in [1.82, 2.24) is 5.32 Å². The summed E-state index contributed by atoms with van der Waals surface area (Å²) in [6.45, 7) is 4.13. The van der Waals surface area contributed by atoms with Crippen molar-refractivity contribution in [2.24, 2.45) is 0 Å². The van der Waals surface area contributed by atoms with Crippen molar-refractivity contribution in [3.8, 4) is 0 Å². The number of alkyl carbamates (subject to hydrolysis) is 1. The highest BCUT2D eigenvalue weighted by atomic mass is 16.5. The van der Waals surface area contributed by atoms with E-state index in [1.165, 1.54) is 0 Å². The van der Waals surface area contributed by atoms with Crippen molar-refractivity contribution in [2.45, 2.75) is 51.5 Å². The number of hydrogen-bond acceptors (Lipinski definition) is 4. The summed E-state index contributed by atoms with van der Waals surface area (Å²) in [6, 6.07) is 24.3.